The number of likely N-dealkylation sites (N-methyl/N-ethyl adjacent to an activating group) is 1. The number of allylic oxidation sites excluding steroid dienone is 20. The molecule has 450 valence electrons. The van der Waals surface area contributed by atoms with Gasteiger partial charge >= 0.3 is 11.9 Å². The number of quaternary nitrogens is 1. The molecule has 0 aromatic rings. The average molecular weight is 1100 g/mol. The monoisotopic (exact) mass is 1100 g/mol. The third-order valence-electron chi connectivity index (χ3n) is 13.2. The van der Waals surface area contributed by atoms with Gasteiger partial charge in [0.15, 0.2) is 12.4 Å². The minimum Gasteiger partial charge on any atom is -0.545 e. The molecular weight excluding hydrogens is 983 g/mol. The Morgan fingerprint density at radius 3 is 1.01 bits per heavy atom. The minimum atomic E-state index is -1.63. The fourth-order valence-corrected chi connectivity index (χ4v) is 8.41. The summed E-state index contributed by atoms with van der Waals surface area (Å²) >= 11 is 0. The predicted molar refractivity (Wildman–Crippen MR) is 333 cm³/mol. The van der Waals surface area contributed by atoms with Gasteiger partial charge in [0.1, 0.15) is 13.2 Å². The molecule has 0 aromatic heterocycles. The second-order valence-electron chi connectivity index (χ2n) is 21.9. The second kappa shape index (κ2) is 59.8. The van der Waals surface area contributed by atoms with Gasteiger partial charge in [-0.2, -0.15) is 0 Å². The van der Waals surface area contributed by atoms with E-state index in [1.807, 2.05) is 21.1 Å². The maximum absolute atomic E-state index is 12.9. The molecule has 79 heavy (non-hydrogen) atoms. The Morgan fingerprint density at radius 1 is 0.380 bits per heavy atom. The molecule has 0 rings (SSSR count). The summed E-state index contributed by atoms with van der Waals surface area (Å²) in [7, 11) is 5.92. The van der Waals surface area contributed by atoms with Crippen LogP contribution in [0.4, 0.5) is 0 Å². The number of carbonyl (C=O) groups excluding carboxylic acids is 3. The Kier molecular flexibility index (Phi) is 56.5. The number of nitrogens with zero attached hydrogens (tertiary/aromatic N) is 1. The first-order chi connectivity index (χ1) is 38.6. The van der Waals surface area contributed by atoms with Crippen LogP contribution in [0.2, 0.25) is 0 Å². The highest BCUT2D eigenvalue weighted by molar-refractivity contribution is 5.70. The normalized spacial score (nSPS) is 13.6. The van der Waals surface area contributed by atoms with E-state index in [1.54, 1.807) is 0 Å². The second-order valence-corrected chi connectivity index (χ2v) is 21.9. The number of esters is 2. The Hall–Kier alpha value is -4.31. The SMILES string of the molecule is CC/C=C\C/C=C\C/C=C\C/C=C\C/C=C\C/C=C\CCCCCCCCCCCCCCC(=O)OC(COC(=O)CCCCCCCCCCCC/C=C\C/C=C\C/C=C\C/C=C\CC)COC(OCC[N+](C)(C)C)C(=O)[O-]. The maximum Gasteiger partial charge on any atom is 0.306 e. The summed E-state index contributed by atoms with van der Waals surface area (Å²) in [5.41, 5.74) is 0. The smallest absolute Gasteiger partial charge is 0.306 e. The highest BCUT2D eigenvalue weighted by atomic mass is 16.7. The zero-order valence-electron chi connectivity index (χ0n) is 51.2. The van der Waals surface area contributed by atoms with Gasteiger partial charge in [-0.05, 0) is 103 Å². The summed E-state index contributed by atoms with van der Waals surface area (Å²) in [6, 6.07) is 0. The summed E-state index contributed by atoms with van der Waals surface area (Å²) < 4.78 is 22.7. The van der Waals surface area contributed by atoms with Crippen LogP contribution in [-0.2, 0) is 33.3 Å². The first-order valence-electron chi connectivity index (χ1n) is 31.7. The lowest BCUT2D eigenvalue weighted by molar-refractivity contribution is -0.870. The van der Waals surface area contributed by atoms with Crippen LogP contribution in [0, 0.1) is 0 Å². The summed E-state index contributed by atoms with van der Waals surface area (Å²) in [5, 5.41) is 11.8. The largest absolute Gasteiger partial charge is 0.545 e. The number of ether oxygens (including phenoxy) is 4. The van der Waals surface area contributed by atoms with Crippen molar-refractivity contribution in [3.05, 3.63) is 122 Å². The quantitative estimate of drug-likeness (QED) is 0.0195. The summed E-state index contributed by atoms with van der Waals surface area (Å²) in [5.74, 6) is -2.30. The van der Waals surface area contributed by atoms with E-state index in [9.17, 15) is 19.5 Å². The zero-order valence-corrected chi connectivity index (χ0v) is 51.2. The first kappa shape index (κ1) is 74.7. The van der Waals surface area contributed by atoms with Crippen molar-refractivity contribution < 1.29 is 42.9 Å². The van der Waals surface area contributed by atoms with E-state index < -0.39 is 24.3 Å². The first-order valence-corrected chi connectivity index (χ1v) is 31.7. The van der Waals surface area contributed by atoms with Crippen molar-refractivity contribution in [3.8, 4) is 0 Å². The molecule has 0 radical (unpaired) electrons. The highest BCUT2D eigenvalue weighted by Crippen LogP contribution is 2.16. The minimum absolute atomic E-state index is 0.141. The van der Waals surface area contributed by atoms with Crippen LogP contribution in [0.15, 0.2) is 122 Å². The van der Waals surface area contributed by atoms with E-state index in [4.69, 9.17) is 18.9 Å². The van der Waals surface area contributed by atoms with E-state index in [-0.39, 0.29) is 38.6 Å². The molecule has 0 aliphatic carbocycles. The summed E-state index contributed by atoms with van der Waals surface area (Å²) in [6.45, 7) is 4.52. The van der Waals surface area contributed by atoms with Crippen molar-refractivity contribution in [2.75, 3.05) is 47.5 Å². The van der Waals surface area contributed by atoms with Gasteiger partial charge in [0.25, 0.3) is 0 Å². The maximum atomic E-state index is 12.9. The topological polar surface area (TPSA) is 111 Å². The summed E-state index contributed by atoms with van der Waals surface area (Å²) in [4.78, 5) is 37.4. The van der Waals surface area contributed by atoms with Gasteiger partial charge in [-0.1, -0.05) is 251 Å². The van der Waals surface area contributed by atoms with Crippen LogP contribution in [0.5, 0.6) is 0 Å². The highest BCUT2D eigenvalue weighted by Gasteiger charge is 2.22. The van der Waals surface area contributed by atoms with Crippen LogP contribution in [0.3, 0.4) is 0 Å². The Bertz CT molecular complexity index is 1710. The number of carboxylic acid groups (broad SMARTS) is 1. The molecule has 0 saturated heterocycles. The van der Waals surface area contributed by atoms with Crippen molar-refractivity contribution in [1.29, 1.82) is 0 Å². The van der Waals surface area contributed by atoms with Gasteiger partial charge in [-0.25, -0.2) is 0 Å². The van der Waals surface area contributed by atoms with E-state index in [2.05, 4.69) is 135 Å². The predicted octanol–water partition coefficient (Wildman–Crippen LogP) is 17.9. The third kappa shape index (κ3) is 61.2. The third-order valence-corrected chi connectivity index (χ3v) is 13.2. The van der Waals surface area contributed by atoms with Crippen LogP contribution >= 0.6 is 0 Å². The van der Waals surface area contributed by atoms with Crippen molar-refractivity contribution in [2.45, 2.75) is 257 Å². The molecule has 0 aromatic carbocycles. The molecule has 9 nitrogen and oxygen atoms in total. The van der Waals surface area contributed by atoms with Crippen LogP contribution in [0.1, 0.15) is 245 Å². The van der Waals surface area contributed by atoms with Gasteiger partial charge in [0, 0.05) is 12.8 Å². The number of aliphatic carboxylic acids is 1. The van der Waals surface area contributed by atoms with Gasteiger partial charge in [0.2, 0.25) is 0 Å². The van der Waals surface area contributed by atoms with Crippen molar-refractivity contribution in [3.63, 3.8) is 0 Å². The number of hydrogen-bond donors (Lipinski definition) is 0. The number of carboxylic acids is 1. The molecular formula is C70H117NO8. The van der Waals surface area contributed by atoms with Crippen molar-refractivity contribution in [2.24, 2.45) is 0 Å². The molecule has 2 unspecified atom stereocenters. The molecule has 0 amide bonds. The van der Waals surface area contributed by atoms with E-state index in [1.165, 1.54) is 96.3 Å². The van der Waals surface area contributed by atoms with Crippen LogP contribution < -0.4 is 5.11 Å². The molecule has 0 bridgehead atoms. The fourth-order valence-electron chi connectivity index (χ4n) is 8.41. The zero-order chi connectivity index (χ0) is 57.6. The molecule has 0 fully saturated rings. The van der Waals surface area contributed by atoms with Crippen LogP contribution in [-0.4, -0.2) is 82.3 Å². The van der Waals surface area contributed by atoms with Gasteiger partial charge in [-0.15, -0.1) is 0 Å². The standard InChI is InChI=1S/C70H117NO8/c1-6-8-10-12-14-16-18-20-22-24-26-28-30-31-32-33-34-35-36-37-39-41-43-45-47-49-51-53-55-57-59-61-68(73)79-66(65-78-70(69(74)75)76-63-62-71(3,4)5)64-77-67(72)60-58-56-54-52-50-48-46-44-42-40-38-29-27-25-23-21-19-17-15-13-11-9-7-2/h8-11,14-17,20-23,26-29,31-32,34-35,66,70H,6-7,12-13,18-19,24-25,30,33,36-65H2,1-5H3/b10-8-,11-9-,16-14-,17-15-,22-20-,23-21-,28-26-,29-27-,32-31-,35-34-. The Balaban J connectivity index is 4.21. The van der Waals surface area contributed by atoms with E-state index >= 15 is 0 Å². The van der Waals surface area contributed by atoms with Crippen molar-refractivity contribution in [1.82, 2.24) is 0 Å². The molecule has 9 heteroatoms. The number of unbranched alkanes of at least 4 members (excludes halogenated alkanes) is 22. The molecule has 0 heterocycles. The summed E-state index contributed by atoms with van der Waals surface area (Å²) in [6.07, 6.45) is 81.1. The lowest BCUT2D eigenvalue weighted by atomic mass is 10.0. The number of carbonyl (C=O) groups is 3. The molecule has 0 N–H and O–H groups in total. The van der Waals surface area contributed by atoms with Crippen molar-refractivity contribution >= 4 is 17.9 Å². The molecule has 2 atom stereocenters. The Labute approximate surface area is 485 Å². The van der Waals surface area contributed by atoms with E-state index in [0.717, 1.165) is 116 Å². The molecule has 0 aliphatic rings. The van der Waals surface area contributed by atoms with Gasteiger partial charge < -0.3 is 33.3 Å². The van der Waals surface area contributed by atoms with Gasteiger partial charge in [-0.3, -0.25) is 9.59 Å². The number of rotatable bonds is 57. The number of hydrogen-bond acceptors (Lipinski definition) is 8. The molecule has 0 saturated carbocycles. The fraction of sp³-hybridized carbons (Fsp3) is 0.671. The van der Waals surface area contributed by atoms with Gasteiger partial charge in [0.05, 0.1) is 40.3 Å². The van der Waals surface area contributed by atoms with Crippen LogP contribution in [0.25, 0.3) is 0 Å². The molecule has 0 aliphatic heterocycles. The average Bonchev–Trinajstić information content (AvgIpc) is 3.42. The van der Waals surface area contributed by atoms with E-state index in [0.29, 0.717) is 17.4 Å². The molecule has 0 spiro atoms. The Morgan fingerprint density at radius 2 is 0.684 bits per heavy atom. The lowest BCUT2D eigenvalue weighted by Crippen LogP contribution is -2.44. The lowest BCUT2D eigenvalue weighted by Gasteiger charge is -2.26.